The third kappa shape index (κ3) is 5.98. The van der Waals surface area contributed by atoms with Crippen LogP contribution in [0.15, 0.2) is 53.4 Å². The van der Waals surface area contributed by atoms with Crippen molar-refractivity contribution in [2.75, 3.05) is 18.4 Å². The first-order valence-corrected chi connectivity index (χ1v) is 9.93. The molecule has 0 heterocycles. The summed E-state index contributed by atoms with van der Waals surface area (Å²) in [4.78, 5) is 23.6. The molecule has 0 radical (unpaired) electrons. The van der Waals surface area contributed by atoms with Gasteiger partial charge in [0.1, 0.15) is 5.75 Å². The predicted octanol–water partition coefficient (Wildman–Crippen LogP) is 2.18. The number of amides is 1. The lowest BCUT2D eigenvalue weighted by Gasteiger charge is -2.11. The quantitative estimate of drug-likeness (QED) is 0.650. The lowest BCUT2D eigenvalue weighted by atomic mass is 10.2. The Kier molecular flexibility index (Phi) is 7.00. The highest BCUT2D eigenvalue weighted by Gasteiger charge is 2.18. The summed E-state index contributed by atoms with van der Waals surface area (Å²) in [5.74, 6) is -0.636. The Morgan fingerprint density at radius 3 is 2.36 bits per heavy atom. The molecule has 2 aromatic rings. The van der Waals surface area contributed by atoms with Crippen molar-refractivity contribution in [2.24, 2.45) is 0 Å². The zero-order valence-corrected chi connectivity index (χ0v) is 16.6. The van der Waals surface area contributed by atoms with Gasteiger partial charge in [-0.15, -0.1) is 0 Å². The molecule has 2 N–H and O–H groups in total. The molecule has 0 saturated heterocycles. The summed E-state index contributed by atoms with van der Waals surface area (Å²) in [7, 11) is -2.40. The summed E-state index contributed by atoms with van der Waals surface area (Å²) in [6, 6.07) is 11.7. The van der Waals surface area contributed by atoms with Crippen LogP contribution in [0.4, 0.5) is 5.69 Å². The molecule has 2 aromatic carbocycles. The number of esters is 1. The van der Waals surface area contributed by atoms with Crippen LogP contribution in [0, 0.1) is 0 Å². The summed E-state index contributed by atoms with van der Waals surface area (Å²) in [5, 5.41) is 2.59. The minimum atomic E-state index is -3.91. The number of carbonyl (C=O) groups is 2. The Morgan fingerprint density at radius 2 is 1.75 bits per heavy atom. The second kappa shape index (κ2) is 9.23. The molecular formula is C19H22N2O6S. The van der Waals surface area contributed by atoms with Crippen molar-refractivity contribution in [3.63, 3.8) is 0 Å². The lowest BCUT2D eigenvalue weighted by Crippen LogP contribution is -2.34. The Hall–Kier alpha value is -3.07. The van der Waals surface area contributed by atoms with E-state index < -0.39 is 28.5 Å². The monoisotopic (exact) mass is 406 g/mol. The van der Waals surface area contributed by atoms with E-state index in [2.05, 4.69) is 10.0 Å². The Labute approximate surface area is 163 Å². The Balaban J connectivity index is 2.09. The van der Waals surface area contributed by atoms with E-state index >= 15 is 0 Å². The number of hydrogen-bond acceptors (Lipinski definition) is 6. The summed E-state index contributed by atoms with van der Waals surface area (Å²) >= 11 is 0. The Morgan fingerprint density at radius 1 is 1.07 bits per heavy atom. The van der Waals surface area contributed by atoms with E-state index in [1.165, 1.54) is 31.4 Å². The van der Waals surface area contributed by atoms with Gasteiger partial charge in [-0.05, 0) is 56.3 Å². The standard InChI is InChI=1S/C19H22N2O6S/c1-13(2)20-18(22)12-27-19(23)14-5-4-6-17(11-14)28(24,25)21-15-7-9-16(26-3)10-8-15/h4-11,13,21H,12H2,1-3H3,(H,20,22). The molecule has 2 rings (SSSR count). The van der Waals surface area contributed by atoms with Gasteiger partial charge >= 0.3 is 5.97 Å². The molecule has 8 nitrogen and oxygen atoms in total. The fraction of sp³-hybridized carbons (Fsp3) is 0.263. The first kappa shape index (κ1) is 21.2. The number of benzene rings is 2. The second-order valence-electron chi connectivity index (χ2n) is 6.16. The molecule has 150 valence electrons. The Bertz CT molecular complexity index is 939. The molecule has 0 aliphatic heterocycles. The largest absolute Gasteiger partial charge is 0.497 e. The van der Waals surface area contributed by atoms with Gasteiger partial charge in [-0.2, -0.15) is 0 Å². The smallest absolute Gasteiger partial charge is 0.338 e. The van der Waals surface area contributed by atoms with E-state index in [0.29, 0.717) is 11.4 Å². The number of methoxy groups -OCH3 is 1. The van der Waals surface area contributed by atoms with Gasteiger partial charge in [-0.1, -0.05) is 6.07 Å². The molecule has 0 aromatic heterocycles. The van der Waals surface area contributed by atoms with Gasteiger partial charge < -0.3 is 14.8 Å². The average Bonchev–Trinajstić information content (AvgIpc) is 2.66. The summed E-state index contributed by atoms with van der Waals surface area (Å²) in [6.07, 6.45) is 0. The van der Waals surface area contributed by atoms with Gasteiger partial charge in [-0.25, -0.2) is 13.2 Å². The van der Waals surface area contributed by atoms with Crippen molar-refractivity contribution in [1.29, 1.82) is 0 Å². The highest BCUT2D eigenvalue weighted by Crippen LogP contribution is 2.20. The van der Waals surface area contributed by atoms with Crippen LogP contribution in [-0.2, 0) is 19.6 Å². The molecule has 0 fully saturated rings. The molecule has 0 spiro atoms. The minimum Gasteiger partial charge on any atom is -0.497 e. The van der Waals surface area contributed by atoms with Gasteiger partial charge in [0.2, 0.25) is 0 Å². The maximum absolute atomic E-state index is 12.6. The molecule has 0 unspecified atom stereocenters. The van der Waals surface area contributed by atoms with Gasteiger partial charge in [0.15, 0.2) is 6.61 Å². The maximum atomic E-state index is 12.6. The number of rotatable bonds is 8. The number of anilines is 1. The molecule has 0 bridgehead atoms. The van der Waals surface area contributed by atoms with Crippen molar-refractivity contribution in [3.05, 3.63) is 54.1 Å². The maximum Gasteiger partial charge on any atom is 0.338 e. The SMILES string of the molecule is COc1ccc(NS(=O)(=O)c2cccc(C(=O)OCC(=O)NC(C)C)c2)cc1. The number of sulfonamides is 1. The minimum absolute atomic E-state index is 0.0231. The number of nitrogens with one attached hydrogen (secondary N) is 2. The van der Waals surface area contributed by atoms with Crippen LogP contribution in [0.25, 0.3) is 0 Å². The van der Waals surface area contributed by atoms with E-state index in [1.54, 1.807) is 38.1 Å². The normalized spacial score (nSPS) is 11.0. The third-order valence-electron chi connectivity index (χ3n) is 3.51. The van der Waals surface area contributed by atoms with Gasteiger partial charge in [0.25, 0.3) is 15.9 Å². The zero-order valence-electron chi connectivity index (χ0n) is 15.8. The van der Waals surface area contributed by atoms with Crippen LogP contribution < -0.4 is 14.8 Å². The molecule has 0 saturated carbocycles. The van der Waals surface area contributed by atoms with Crippen LogP contribution in [0.2, 0.25) is 0 Å². The lowest BCUT2D eigenvalue weighted by molar-refractivity contribution is -0.124. The van der Waals surface area contributed by atoms with E-state index in [-0.39, 0.29) is 16.5 Å². The van der Waals surface area contributed by atoms with E-state index in [1.807, 2.05) is 0 Å². The zero-order chi connectivity index (χ0) is 20.7. The summed E-state index contributed by atoms with van der Waals surface area (Å²) in [6.45, 7) is 3.12. The summed E-state index contributed by atoms with van der Waals surface area (Å²) < 4.78 is 37.5. The highest BCUT2D eigenvalue weighted by atomic mass is 32.2. The predicted molar refractivity (Wildman–Crippen MR) is 104 cm³/mol. The summed E-state index contributed by atoms with van der Waals surface area (Å²) in [5.41, 5.74) is 0.370. The van der Waals surface area contributed by atoms with E-state index in [9.17, 15) is 18.0 Å². The van der Waals surface area contributed by atoms with E-state index in [4.69, 9.17) is 9.47 Å². The third-order valence-corrected chi connectivity index (χ3v) is 4.89. The highest BCUT2D eigenvalue weighted by molar-refractivity contribution is 7.92. The molecular weight excluding hydrogens is 384 g/mol. The number of carbonyl (C=O) groups excluding carboxylic acids is 2. The van der Waals surface area contributed by atoms with Crippen molar-refractivity contribution in [1.82, 2.24) is 5.32 Å². The van der Waals surface area contributed by atoms with Gasteiger partial charge in [0, 0.05) is 11.7 Å². The first-order valence-electron chi connectivity index (χ1n) is 8.44. The molecule has 9 heteroatoms. The molecule has 28 heavy (non-hydrogen) atoms. The van der Waals surface area contributed by atoms with Crippen molar-refractivity contribution in [2.45, 2.75) is 24.8 Å². The van der Waals surface area contributed by atoms with Gasteiger partial charge in [-0.3, -0.25) is 9.52 Å². The van der Waals surface area contributed by atoms with Crippen molar-refractivity contribution in [3.8, 4) is 5.75 Å². The van der Waals surface area contributed by atoms with Crippen LogP contribution in [0.3, 0.4) is 0 Å². The fourth-order valence-corrected chi connectivity index (χ4v) is 3.35. The second-order valence-corrected chi connectivity index (χ2v) is 7.84. The first-order chi connectivity index (χ1) is 13.2. The van der Waals surface area contributed by atoms with Crippen LogP contribution in [0.5, 0.6) is 5.75 Å². The molecule has 0 aliphatic rings. The number of hydrogen-bond donors (Lipinski definition) is 2. The van der Waals surface area contributed by atoms with Crippen LogP contribution in [0.1, 0.15) is 24.2 Å². The average molecular weight is 406 g/mol. The van der Waals surface area contributed by atoms with E-state index in [0.717, 1.165) is 0 Å². The molecule has 0 atom stereocenters. The topological polar surface area (TPSA) is 111 Å². The van der Waals surface area contributed by atoms with Gasteiger partial charge in [0.05, 0.1) is 17.6 Å². The fourth-order valence-electron chi connectivity index (χ4n) is 2.24. The molecule has 1 amide bonds. The van der Waals surface area contributed by atoms with Crippen LogP contribution >= 0.6 is 0 Å². The number of ether oxygens (including phenoxy) is 2. The molecule has 0 aliphatic carbocycles. The van der Waals surface area contributed by atoms with Crippen molar-refractivity contribution >= 4 is 27.6 Å². The van der Waals surface area contributed by atoms with Crippen molar-refractivity contribution < 1.29 is 27.5 Å². The van der Waals surface area contributed by atoms with Crippen LogP contribution in [-0.4, -0.2) is 40.1 Å².